The molecule has 0 spiro atoms. The van der Waals surface area contributed by atoms with Crippen LogP contribution in [0.15, 0.2) is 59.9 Å². The number of carbonyl (C=O) groups excluding carboxylic acids is 1. The van der Waals surface area contributed by atoms with Gasteiger partial charge in [-0.25, -0.2) is 14.4 Å². The fourth-order valence-corrected chi connectivity index (χ4v) is 4.82. The minimum absolute atomic E-state index is 0.0293. The smallest absolute Gasteiger partial charge is 0.254 e. The van der Waals surface area contributed by atoms with Crippen LogP contribution in [0.5, 0.6) is 0 Å². The van der Waals surface area contributed by atoms with Crippen molar-refractivity contribution in [3.05, 3.63) is 71.9 Å². The third-order valence-corrected chi connectivity index (χ3v) is 6.94. The number of fused-ring (bicyclic) bond motifs is 1. The van der Waals surface area contributed by atoms with Gasteiger partial charge in [0.15, 0.2) is 0 Å². The molecule has 2 aromatic carbocycles. The largest absolute Gasteiger partial charge is 0.389 e. The number of benzene rings is 2. The molecule has 180 valence electrons. The summed E-state index contributed by atoms with van der Waals surface area (Å²) in [6.07, 6.45) is 6.37. The maximum Gasteiger partial charge on any atom is 0.254 e. The molecule has 1 amide bonds. The minimum atomic E-state index is -0.708. The number of aliphatic hydroxyl groups is 1. The molecule has 0 bridgehead atoms. The molecular weight excluding hydrogens is 467 g/mol. The van der Waals surface area contributed by atoms with E-state index in [2.05, 4.69) is 9.97 Å². The molecule has 1 fully saturated rings. The summed E-state index contributed by atoms with van der Waals surface area (Å²) in [4.78, 5) is 24.9. The molecule has 1 aliphatic rings. The topological polar surface area (TPSA) is 80.5 Å². The number of aromatic nitrogens is 3. The lowest BCUT2D eigenvalue weighted by atomic mass is 10.0. The number of morpholine rings is 1. The molecule has 4 aromatic rings. The molecule has 7 nitrogen and oxygen atoms in total. The lowest BCUT2D eigenvalue weighted by molar-refractivity contribution is 0.0303. The van der Waals surface area contributed by atoms with Gasteiger partial charge >= 0.3 is 0 Å². The van der Waals surface area contributed by atoms with Crippen LogP contribution in [0.4, 0.5) is 4.39 Å². The predicted octanol–water partition coefficient (Wildman–Crippen LogP) is 4.47. The van der Waals surface area contributed by atoms with Gasteiger partial charge in [-0.2, -0.15) is 0 Å². The average molecular weight is 493 g/mol. The summed E-state index contributed by atoms with van der Waals surface area (Å²) in [7, 11) is 0. The van der Waals surface area contributed by atoms with E-state index in [1.165, 1.54) is 6.07 Å². The molecule has 0 aliphatic carbocycles. The van der Waals surface area contributed by atoms with Gasteiger partial charge in [-0.3, -0.25) is 9.36 Å². The maximum atomic E-state index is 14.5. The second-order valence-corrected chi connectivity index (χ2v) is 9.24. The number of ether oxygens (including phenoxy) is 1. The van der Waals surface area contributed by atoms with E-state index in [0.717, 1.165) is 15.8 Å². The van der Waals surface area contributed by atoms with Crippen molar-refractivity contribution in [3.8, 4) is 17.1 Å². The number of thioether (sulfide) groups is 1. The summed E-state index contributed by atoms with van der Waals surface area (Å²) in [5, 5.41) is 10.9. The van der Waals surface area contributed by atoms with E-state index in [0.29, 0.717) is 54.5 Å². The molecule has 0 radical (unpaired) electrons. The van der Waals surface area contributed by atoms with E-state index < -0.39 is 11.9 Å². The molecule has 5 rings (SSSR count). The SMILES string of the molecule is CSc1cn(-c2ncc(-c3cc(C(C)O)ccc3F)cn2)c2cc(C(=O)N3CCOCC3)ccc12. The minimum Gasteiger partial charge on any atom is -0.389 e. The van der Waals surface area contributed by atoms with Gasteiger partial charge in [-0.05, 0) is 43.0 Å². The van der Waals surface area contributed by atoms with E-state index in [1.54, 1.807) is 48.1 Å². The van der Waals surface area contributed by atoms with Crippen molar-refractivity contribution in [2.45, 2.75) is 17.9 Å². The van der Waals surface area contributed by atoms with Crippen molar-refractivity contribution in [2.75, 3.05) is 32.6 Å². The van der Waals surface area contributed by atoms with Gasteiger partial charge in [0.1, 0.15) is 5.82 Å². The van der Waals surface area contributed by atoms with Gasteiger partial charge in [0.05, 0.1) is 24.8 Å². The third-order valence-electron chi connectivity index (χ3n) is 6.17. The maximum absolute atomic E-state index is 14.5. The lowest BCUT2D eigenvalue weighted by Gasteiger charge is -2.26. The second kappa shape index (κ2) is 9.77. The van der Waals surface area contributed by atoms with E-state index in [-0.39, 0.29) is 5.91 Å². The van der Waals surface area contributed by atoms with Crippen molar-refractivity contribution in [1.29, 1.82) is 0 Å². The first-order valence-electron chi connectivity index (χ1n) is 11.3. The van der Waals surface area contributed by atoms with E-state index in [9.17, 15) is 14.3 Å². The Morgan fingerprint density at radius 1 is 1.14 bits per heavy atom. The number of hydrogen-bond acceptors (Lipinski definition) is 6. The fourth-order valence-electron chi connectivity index (χ4n) is 4.21. The zero-order valence-corrected chi connectivity index (χ0v) is 20.3. The molecule has 1 N–H and O–H groups in total. The zero-order valence-electron chi connectivity index (χ0n) is 19.4. The third kappa shape index (κ3) is 4.54. The highest BCUT2D eigenvalue weighted by atomic mass is 32.2. The molecule has 1 saturated heterocycles. The summed E-state index contributed by atoms with van der Waals surface area (Å²) >= 11 is 1.60. The number of aliphatic hydroxyl groups excluding tert-OH is 1. The highest BCUT2D eigenvalue weighted by Crippen LogP contribution is 2.32. The van der Waals surface area contributed by atoms with Crippen LogP contribution >= 0.6 is 11.8 Å². The molecule has 0 saturated carbocycles. The van der Waals surface area contributed by atoms with Crippen LogP contribution in [0.2, 0.25) is 0 Å². The van der Waals surface area contributed by atoms with Crippen molar-refractivity contribution in [1.82, 2.24) is 19.4 Å². The molecule has 35 heavy (non-hydrogen) atoms. The Kier molecular flexibility index (Phi) is 6.55. The first kappa shape index (κ1) is 23.5. The number of rotatable bonds is 5. The van der Waals surface area contributed by atoms with Gasteiger partial charge in [0, 0.05) is 58.7 Å². The Labute approximate surface area is 206 Å². The first-order valence-corrected chi connectivity index (χ1v) is 12.5. The van der Waals surface area contributed by atoms with Gasteiger partial charge in [-0.15, -0.1) is 11.8 Å². The van der Waals surface area contributed by atoms with Crippen LogP contribution in [0.25, 0.3) is 28.0 Å². The van der Waals surface area contributed by atoms with Crippen molar-refractivity contribution >= 4 is 28.6 Å². The first-order chi connectivity index (χ1) is 17.0. The molecule has 2 aromatic heterocycles. The second-order valence-electron chi connectivity index (χ2n) is 8.39. The van der Waals surface area contributed by atoms with Gasteiger partial charge in [0.25, 0.3) is 5.91 Å². The lowest BCUT2D eigenvalue weighted by Crippen LogP contribution is -2.40. The van der Waals surface area contributed by atoms with Crippen molar-refractivity contribution < 1.29 is 19.0 Å². The number of amides is 1. The molecule has 1 unspecified atom stereocenters. The summed E-state index contributed by atoms with van der Waals surface area (Å²) in [6.45, 7) is 3.87. The van der Waals surface area contributed by atoms with Crippen LogP contribution in [-0.4, -0.2) is 63.0 Å². The molecule has 3 heterocycles. The Morgan fingerprint density at radius 3 is 2.57 bits per heavy atom. The number of nitrogens with zero attached hydrogens (tertiary/aromatic N) is 4. The predicted molar refractivity (Wildman–Crippen MR) is 133 cm³/mol. The molecular formula is C26H25FN4O3S. The van der Waals surface area contributed by atoms with Gasteiger partial charge in [0.2, 0.25) is 5.95 Å². The molecule has 1 aliphatic heterocycles. The van der Waals surface area contributed by atoms with E-state index in [4.69, 9.17) is 4.74 Å². The Bertz CT molecular complexity index is 1380. The standard InChI is InChI=1S/C26H25FN4O3S/c1-16(32)17-4-6-22(27)21(11-17)19-13-28-26(29-14-19)31-15-24(35-2)20-5-3-18(12-23(20)31)25(33)30-7-9-34-10-8-30/h3-6,11-16,32H,7-10H2,1-2H3. The van der Waals surface area contributed by atoms with Crippen LogP contribution in [0.3, 0.4) is 0 Å². The van der Waals surface area contributed by atoms with Gasteiger partial charge < -0.3 is 14.7 Å². The van der Waals surface area contributed by atoms with Crippen LogP contribution in [0, 0.1) is 5.82 Å². The van der Waals surface area contributed by atoms with Crippen LogP contribution in [-0.2, 0) is 4.74 Å². The van der Waals surface area contributed by atoms with E-state index >= 15 is 0 Å². The summed E-state index contributed by atoms with van der Waals surface area (Å²) in [6, 6.07) is 10.2. The summed E-state index contributed by atoms with van der Waals surface area (Å²) in [5.74, 6) is -0.0198. The number of halogens is 1. The Hall–Kier alpha value is -3.27. The van der Waals surface area contributed by atoms with E-state index in [1.807, 2.05) is 35.2 Å². The Morgan fingerprint density at radius 2 is 1.89 bits per heavy atom. The normalized spacial score (nSPS) is 14.9. The molecule has 9 heteroatoms. The quantitative estimate of drug-likeness (QED) is 0.414. The zero-order chi connectivity index (χ0) is 24.5. The van der Waals surface area contributed by atoms with Crippen LogP contribution < -0.4 is 0 Å². The Balaban J connectivity index is 1.53. The monoisotopic (exact) mass is 492 g/mol. The number of hydrogen-bond donors (Lipinski definition) is 1. The molecule has 1 atom stereocenters. The van der Waals surface area contributed by atoms with Gasteiger partial charge in [-0.1, -0.05) is 12.1 Å². The summed E-state index contributed by atoms with van der Waals surface area (Å²) < 4.78 is 21.7. The van der Waals surface area contributed by atoms with Crippen molar-refractivity contribution in [3.63, 3.8) is 0 Å². The van der Waals surface area contributed by atoms with Crippen LogP contribution in [0.1, 0.15) is 28.9 Å². The average Bonchev–Trinajstić information content (AvgIpc) is 3.27. The highest BCUT2D eigenvalue weighted by molar-refractivity contribution is 7.98. The highest BCUT2D eigenvalue weighted by Gasteiger charge is 2.21. The van der Waals surface area contributed by atoms with Crippen molar-refractivity contribution in [2.24, 2.45) is 0 Å². The summed E-state index contributed by atoms with van der Waals surface area (Å²) in [5.41, 5.74) is 2.88. The number of carbonyl (C=O) groups is 1. The fraction of sp³-hybridized carbons (Fsp3) is 0.269.